The van der Waals surface area contributed by atoms with Crippen molar-refractivity contribution in [2.24, 2.45) is 0 Å². The standard InChI is InChI=1S/C19H19N3O3S/c1-11-5-8-26(24,25)17-10-15(12(2)9-14(11)17)19(23)22-16-4-7-21-18-13(16)3-6-20-18/h3-4,6-7,9-11H,5,8H2,1-2H3,(H2,20,21,22,23). The maximum absolute atomic E-state index is 12.8. The Balaban J connectivity index is 1.76. The highest BCUT2D eigenvalue weighted by Gasteiger charge is 2.30. The smallest absolute Gasteiger partial charge is 0.255 e. The van der Waals surface area contributed by atoms with Gasteiger partial charge in [0.1, 0.15) is 5.65 Å². The predicted octanol–water partition coefficient (Wildman–Crippen LogP) is 3.40. The first-order valence-corrected chi connectivity index (χ1v) is 10.1. The van der Waals surface area contributed by atoms with E-state index in [1.54, 1.807) is 18.5 Å². The average molecular weight is 369 g/mol. The maximum atomic E-state index is 12.8. The molecule has 6 nitrogen and oxygen atoms in total. The minimum absolute atomic E-state index is 0.125. The van der Waals surface area contributed by atoms with Crippen LogP contribution in [0.25, 0.3) is 11.0 Å². The van der Waals surface area contributed by atoms with Gasteiger partial charge >= 0.3 is 0 Å². The molecular formula is C19H19N3O3S. The molecule has 0 saturated carbocycles. The van der Waals surface area contributed by atoms with Gasteiger partial charge in [-0.05, 0) is 48.6 Å². The van der Waals surface area contributed by atoms with Gasteiger partial charge in [0, 0.05) is 23.3 Å². The molecule has 2 aromatic heterocycles. The Bertz CT molecular complexity index is 1130. The van der Waals surface area contributed by atoms with Gasteiger partial charge in [-0.25, -0.2) is 13.4 Å². The Morgan fingerprint density at radius 3 is 2.92 bits per heavy atom. The zero-order valence-electron chi connectivity index (χ0n) is 14.5. The lowest BCUT2D eigenvalue weighted by Crippen LogP contribution is -2.21. The summed E-state index contributed by atoms with van der Waals surface area (Å²) < 4.78 is 24.9. The van der Waals surface area contributed by atoms with Crippen LogP contribution < -0.4 is 5.32 Å². The van der Waals surface area contributed by atoms with E-state index >= 15 is 0 Å². The number of hydrogen-bond donors (Lipinski definition) is 2. The number of hydrogen-bond acceptors (Lipinski definition) is 4. The van der Waals surface area contributed by atoms with E-state index in [4.69, 9.17) is 0 Å². The summed E-state index contributed by atoms with van der Waals surface area (Å²) in [6.45, 7) is 3.86. The van der Waals surface area contributed by atoms with E-state index < -0.39 is 9.84 Å². The van der Waals surface area contributed by atoms with Crippen LogP contribution >= 0.6 is 0 Å². The number of rotatable bonds is 2. The number of carbonyl (C=O) groups is 1. The normalized spacial score (nSPS) is 18.5. The monoisotopic (exact) mass is 369 g/mol. The molecule has 1 aliphatic rings. The lowest BCUT2D eigenvalue weighted by atomic mass is 9.94. The van der Waals surface area contributed by atoms with E-state index in [2.05, 4.69) is 15.3 Å². The van der Waals surface area contributed by atoms with E-state index in [-0.39, 0.29) is 22.5 Å². The van der Waals surface area contributed by atoms with Gasteiger partial charge in [-0.3, -0.25) is 4.79 Å². The second kappa shape index (κ2) is 5.95. The largest absolute Gasteiger partial charge is 0.346 e. The van der Waals surface area contributed by atoms with Gasteiger partial charge in [-0.2, -0.15) is 0 Å². The Morgan fingerprint density at radius 1 is 1.31 bits per heavy atom. The van der Waals surface area contributed by atoms with Gasteiger partial charge in [0.05, 0.1) is 16.3 Å². The summed E-state index contributed by atoms with van der Waals surface area (Å²) in [5.41, 5.74) is 3.27. The van der Waals surface area contributed by atoms with Crippen molar-refractivity contribution in [1.29, 1.82) is 0 Å². The molecule has 0 spiro atoms. The second-order valence-corrected chi connectivity index (χ2v) is 8.84. The fraction of sp³-hybridized carbons (Fsp3) is 0.263. The molecule has 0 fully saturated rings. The average Bonchev–Trinajstić information content (AvgIpc) is 3.08. The number of H-pyrrole nitrogens is 1. The summed E-state index contributed by atoms with van der Waals surface area (Å²) in [5.74, 6) is -0.0315. The Morgan fingerprint density at radius 2 is 2.12 bits per heavy atom. The first-order chi connectivity index (χ1) is 12.4. The van der Waals surface area contributed by atoms with Gasteiger partial charge in [0.2, 0.25) is 0 Å². The van der Waals surface area contributed by atoms with Gasteiger partial charge in [-0.1, -0.05) is 13.0 Å². The highest BCUT2D eigenvalue weighted by molar-refractivity contribution is 7.91. The third kappa shape index (κ3) is 2.68. The first kappa shape index (κ1) is 16.8. The van der Waals surface area contributed by atoms with Crippen LogP contribution in [0.15, 0.2) is 41.6 Å². The lowest BCUT2D eigenvalue weighted by molar-refractivity contribution is 0.102. The summed E-state index contributed by atoms with van der Waals surface area (Å²) >= 11 is 0. The van der Waals surface area contributed by atoms with Crippen molar-refractivity contribution >= 4 is 32.5 Å². The molecule has 1 unspecified atom stereocenters. The van der Waals surface area contributed by atoms with Crippen molar-refractivity contribution in [1.82, 2.24) is 9.97 Å². The van der Waals surface area contributed by atoms with Crippen LogP contribution in [0.5, 0.6) is 0 Å². The molecule has 0 bridgehead atoms. The van der Waals surface area contributed by atoms with Crippen molar-refractivity contribution in [2.75, 3.05) is 11.1 Å². The molecule has 1 amide bonds. The molecular weight excluding hydrogens is 350 g/mol. The van der Waals surface area contributed by atoms with E-state index in [0.29, 0.717) is 23.3 Å². The van der Waals surface area contributed by atoms with Crippen LogP contribution in [0.4, 0.5) is 5.69 Å². The minimum Gasteiger partial charge on any atom is -0.346 e. The SMILES string of the molecule is Cc1cc2c(cc1C(=O)Nc1ccnc3[nH]ccc13)S(=O)(=O)CCC2C. The number of fused-ring (bicyclic) bond motifs is 2. The molecule has 1 atom stereocenters. The molecule has 3 aromatic rings. The number of anilines is 1. The molecule has 4 rings (SSSR count). The first-order valence-electron chi connectivity index (χ1n) is 8.47. The highest BCUT2D eigenvalue weighted by atomic mass is 32.2. The molecule has 1 aromatic carbocycles. The van der Waals surface area contributed by atoms with E-state index in [1.807, 2.05) is 26.0 Å². The van der Waals surface area contributed by atoms with E-state index in [9.17, 15) is 13.2 Å². The van der Waals surface area contributed by atoms with Crippen LogP contribution in [0.1, 0.15) is 40.7 Å². The Hall–Kier alpha value is -2.67. The number of sulfone groups is 1. The topological polar surface area (TPSA) is 91.9 Å². The quantitative estimate of drug-likeness (QED) is 0.724. The van der Waals surface area contributed by atoms with Crippen molar-refractivity contribution in [3.63, 3.8) is 0 Å². The third-order valence-electron chi connectivity index (χ3n) is 5.00. The predicted molar refractivity (Wildman–Crippen MR) is 100 cm³/mol. The molecule has 3 heterocycles. The summed E-state index contributed by atoms with van der Waals surface area (Å²) in [5, 5.41) is 3.68. The number of nitrogens with zero attached hydrogens (tertiary/aromatic N) is 1. The van der Waals surface area contributed by atoms with Crippen LogP contribution in [0.3, 0.4) is 0 Å². The van der Waals surface area contributed by atoms with Crippen molar-refractivity contribution < 1.29 is 13.2 Å². The summed E-state index contributed by atoms with van der Waals surface area (Å²) in [4.78, 5) is 20.3. The molecule has 134 valence electrons. The number of amides is 1. The lowest BCUT2D eigenvalue weighted by Gasteiger charge is -2.24. The van der Waals surface area contributed by atoms with Crippen molar-refractivity contribution in [2.45, 2.75) is 31.1 Å². The van der Waals surface area contributed by atoms with Crippen LogP contribution in [-0.2, 0) is 9.84 Å². The fourth-order valence-corrected chi connectivity index (χ4v) is 5.27. The molecule has 0 saturated heterocycles. The zero-order chi connectivity index (χ0) is 18.5. The van der Waals surface area contributed by atoms with Crippen molar-refractivity contribution in [3.05, 3.63) is 53.3 Å². The number of aromatic amines is 1. The molecule has 0 radical (unpaired) electrons. The molecule has 1 aliphatic heterocycles. The summed E-state index contributed by atoms with van der Waals surface area (Å²) in [6, 6.07) is 6.93. The van der Waals surface area contributed by atoms with Gasteiger partial charge in [0.15, 0.2) is 9.84 Å². The molecule has 7 heteroatoms. The second-order valence-electron chi connectivity index (χ2n) is 6.77. The Labute approximate surface area is 151 Å². The van der Waals surface area contributed by atoms with E-state index in [0.717, 1.165) is 16.5 Å². The van der Waals surface area contributed by atoms with Crippen LogP contribution in [-0.4, -0.2) is 30.0 Å². The van der Waals surface area contributed by atoms with Crippen LogP contribution in [0, 0.1) is 6.92 Å². The zero-order valence-corrected chi connectivity index (χ0v) is 15.4. The number of aromatic nitrogens is 2. The molecule has 26 heavy (non-hydrogen) atoms. The third-order valence-corrected chi connectivity index (χ3v) is 6.79. The number of carbonyl (C=O) groups excluding carboxylic acids is 1. The number of pyridine rings is 1. The summed E-state index contributed by atoms with van der Waals surface area (Å²) in [6.07, 6.45) is 3.98. The van der Waals surface area contributed by atoms with E-state index in [1.165, 1.54) is 6.07 Å². The molecule has 2 N–H and O–H groups in total. The number of nitrogens with one attached hydrogen (secondary N) is 2. The number of aryl methyl sites for hydroxylation is 1. The molecule has 0 aliphatic carbocycles. The summed E-state index contributed by atoms with van der Waals surface area (Å²) in [7, 11) is -3.34. The highest BCUT2D eigenvalue weighted by Crippen LogP contribution is 2.35. The minimum atomic E-state index is -3.34. The Kier molecular flexibility index (Phi) is 3.84. The van der Waals surface area contributed by atoms with Gasteiger partial charge in [0.25, 0.3) is 5.91 Å². The van der Waals surface area contributed by atoms with Crippen molar-refractivity contribution in [3.8, 4) is 0 Å². The van der Waals surface area contributed by atoms with Crippen LogP contribution in [0.2, 0.25) is 0 Å². The van der Waals surface area contributed by atoms with Gasteiger partial charge in [-0.15, -0.1) is 0 Å². The van der Waals surface area contributed by atoms with Gasteiger partial charge < -0.3 is 10.3 Å². The maximum Gasteiger partial charge on any atom is 0.255 e. The number of benzene rings is 1. The fourth-order valence-electron chi connectivity index (χ4n) is 3.47.